The molecule has 3 N–H and O–H groups in total. The maximum absolute atomic E-state index is 14.5. The molecule has 4 rings (SSSR count). The van der Waals surface area contributed by atoms with Crippen LogP contribution in [-0.2, 0) is 27.3 Å². The number of aliphatic hydroxyl groups is 1. The summed E-state index contributed by atoms with van der Waals surface area (Å²) in [6.45, 7) is 5.73. The standard InChI is InChI=1S/C33H36N4O7/c1-4-44-30(39)11-14-36(20-23-6-5-7-27(18-23)37(42)43)33(41)31(25-16-21(2)28(12-15-38)22(3)17-25)35-26-9-8-24-10-13-34-32(40)29(24)19-26/h5-10,13,16-19,31,35,38H,4,11-12,14-15,20H2,1-3H3,(H,34,40). The van der Waals surface area contributed by atoms with Crippen LogP contribution in [0.15, 0.2) is 71.7 Å². The Bertz CT molecular complexity index is 1710. The first-order valence-electron chi connectivity index (χ1n) is 14.4. The van der Waals surface area contributed by atoms with Crippen LogP contribution in [0.1, 0.15) is 47.2 Å². The maximum atomic E-state index is 14.5. The fourth-order valence-corrected chi connectivity index (χ4v) is 5.32. The van der Waals surface area contributed by atoms with E-state index in [1.807, 2.05) is 26.0 Å². The van der Waals surface area contributed by atoms with Crippen molar-refractivity contribution in [3.05, 3.63) is 115 Å². The van der Waals surface area contributed by atoms with Gasteiger partial charge in [-0.2, -0.15) is 0 Å². The van der Waals surface area contributed by atoms with Crippen LogP contribution in [0.4, 0.5) is 11.4 Å². The molecule has 3 aromatic carbocycles. The molecule has 11 nitrogen and oxygen atoms in total. The minimum Gasteiger partial charge on any atom is -0.466 e. The second-order valence-electron chi connectivity index (χ2n) is 10.5. The third-order valence-electron chi connectivity index (χ3n) is 7.44. The van der Waals surface area contributed by atoms with E-state index in [0.29, 0.717) is 28.6 Å². The van der Waals surface area contributed by atoms with Crippen LogP contribution < -0.4 is 10.9 Å². The molecule has 1 unspecified atom stereocenters. The summed E-state index contributed by atoms with van der Waals surface area (Å²) in [5.74, 6) is -0.848. The monoisotopic (exact) mass is 600 g/mol. The first kappa shape index (κ1) is 31.9. The minimum atomic E-state index is -0.947. The number of nitro benzene ring substituents is 1. The Morgan fingerprint density at radius 2 is 1.84 bits per heavy atom. The van der Waals surface area contributed by atoms with Crippen LogP contribution in [0.25, 0.3) is 10.8 Å². The lowest BCUT2D eigenvalue weighted by atomic mass is 9.93. The number of aryl methyl sites for hydroxylation is 2. The van der Waals surface area contributed by atoms with Gasteiger partial charge >= 0.3 is 5.97 Å². The Hall–Kier alpha value is -5.03. The molecule has 11 heteroatoms. The van der Waals surface area contributed by atoms with Crippen molar-refractivity contribution in [3.8, 4) is 0 Å². The Balaban J connectivity index is 1.78. The molecule has 1 aromatic heterocycles. The van der Waals surface area contributed by atoms with Gasteiger partial charge in [0, 0.05) is 49.1 Å². The predicted octanol–water partition coefficient (Wildman–Crippen LogP) is 4.72. The number of esters is 1. The number of amides is 1. The van der Waals surface area contributed by atoms with Gasteiger partial charge in [0.25, 0.3) is 11.2 Å². The van der Waals surface area contributed by atoms with Crippen molar-refractivity contribution in [3.63, 3.8) is 0 Å². The van der Waals surface area contributed by atoms with Gasteiger partial charge in [-0.1, -0.05) is 30.3 Å². The summed E-state index contributed by atoms with van der Waals surface area (Å²) in [6, 6.07) is 15.9. The number of carbonyl (C=O) groups excluding carboxylic acids is 2. The SMILES string of the molecule is CCOC(=O)CCN(Cc1cccc([N+](=O)[O-])c1)C(=O)C(Nc1ccc2cc[nH]c(=O)c2c1)c1cc(C)c(CCO)c(C)c1. The average molecular weight is 601 g/mol. The van der Waals surface area contributed by atoms with Crippen LogP contribution in [0.2, 0.25) is 0 Å². The highest BCUT2D eigenvalue weighted by molar-refractivity contribution is 5.89. The second-order valence-corrected chi connectivity index (χ2v) is 10.5. The molecule has 0 saturated heterocycles. The molecule has 0 radical (unpaired) electrons. The van der Waals surface area contributed by atoms with Gasteiger partial charge in [-0.3, -0.25) is 24.5 Å². The normalized spacial score (nSPS) is 11.6. The highest BCUT2D eigenvalue weighted by Gasteiger charge is 2.28. The second kappa shape index (κ2) is 14.4. The van der Waals surface area contributed by atoms with Crippen LogP contribution >= 0.6 is 0 Å². The lowest BCUT2D eigenvalue weighted by Crippen LogP contribution is -2.39. The molecule has 0 fully saturated rings. The smallest absolute Gasteiger partial charge is 0.307 e. The van der Waals surface area contributed by atoms with Crippen molar-refractivity contribution < 1.29 is 24.4 Å². The largest absolute Gasteiger partial charge is 0.466 e. The number of aromatic amines is 1. The van der Waals surface area contributed by atoms with Gasteiger partial charge in [-0.05, 0) is 78.6 Å². The number of ether oxygens (including phenoxy) is 1. The zero-order valence-corrected chi connectivity index (χ0v) is 25.0. The minimum absolute atomic E-state index is 0.00997. The number of aliphatic hydroxyl groups excluding tert-OH is 1. The average Bonchev–Trinajstić information content (AvgIpc) is 3.00. The fourth-order valence-electron chi connectivity index (χ4n) is 5.32. The lowest BCUT2D eigenvalue weighted by molar-refractivity contribution is -0.384. The van der Waals surface area contributed by atoms with Gasteiger partial charge in [0.2, 0.25) is 5.91 Å². The molecule has 230 valence electrons. The summed E-state index contributed by atoms with van der Waals surface area (Å²) in [5.41, 5.74) is 4.11. The number of aromatic nitrogens is 1. The zero-order valence-electron chi connectivity index (χ0n) is 25.0. The lowest BCUT2D eigenvalue weighted by Gasteiger charge is -2.29. The number of non-ortho nitro benzene ring substituents is 1. The molecule has 1 amide bonds. The number of hydrogen-bond acceptors (Lipinski definition) is 8. The highest BCUT2D eigenvalue weighted by atomic mass is 16.6. The van der Waals surface area contributed by atoms with Gasteiger partial charge in [-0.15, -0.1) is 0 Å². The molecular formula is C33H36N4O7. The summed E-state index contributed by atoms with van der Waals surface area (Å²) in [6.07, 6.45) is 1.97. The number of H-pyrrole nitrogens is 1. The third-order valence-corrected chi connectivity index (χ3v) is 7.44. The van der Waals surface area contributed by atoms with E-state index < -0.39 is 16.9 Å². The third kappa shape index (κ3) is 7.67. The zero-order chi connectivity index (χ0) is 31.8. The topological polar surface area (TPSA) is 155 Å². The fraction of sp³-hybridized carbons (Fsp3) is 0.303. The van der Waals surface area contributed by atoms with Crippen molar-refractivity contribution in [2.75, 3.05) is 25.1 Å². The van der Waals surface area contributed by atoms with E-state index in [4.69, 9.17) is 4.74 Å². The van der Waals surface area contributed by atoms with Gasteiger partial charge in [0.1, 0.15) is 6.04 Å². The number of nitrogens with zero attached hydrogens (tertiary/aromatic N) is 2. The quantitative estimate of drug-likeness (QED) is 0.113. The van der Waals surface area contributed by atoms with Crippen LogP contribution in [0.5, 0.6) is 0 Å². The number of nitro groups is 1. The molecule has 1 heterocycles. The van der Waals surface area contributed by atoms with Crippen molar-refractivity contribution >= 4 is 34.0 Å². The van der Waals surface area contributed by atoms with Crippen molar-refractivity contribution in [2.45, 2.75) is 46.2 Å². The molecule has 0 aliphatic carbocycles. The first-order valence-corrected chi connectivity index (χ1v) is 14.4. The molecule has 0 saturated carbocycles. The molecule has 0 spiro atoms. The van der Waals surface area contributed by atoms with E-state index in [-0.39, 0.29) is 49.9 Å². The Morgan fingerprint density at radius 3 is 2.52 bits per heavy atom. The molecule has 44 heavy (non-hydrogen) atoms. The first-order chi connectivity index (χ1) is 21.1. The summed E-state index contributed by atoms with van der Waals surface area (Å²) in [4.78, 5) is 54.4. The number of carbonyl (C=O) groups is 2. The number of fused-ring (bicyclic) bond motifs is 1. The number of rotatable bonds is 13. The molecule has 1 atom stereocenters. The van der Waals surface area contributed by atoms with Crippen molar-refractivity contribution in [2.24, 2.45) is 0 Å². The van der Waals surface area contributed by atoms with E-state index in [2.05, 4.69) is 10.3 Å². The van der Waals surface area contributed by atoms with Gasteiger partial charge in [0.05, 0.1) is 18.0 Å². The molecule has 0 bridgehead atoms. The van der Waals surface area contributed by atoms with Crippen molar-refractivity contribution in [1.29, 1.82) is 0 Å². The van der Waals surface area contributed by atoms with E-state index >= 15 is 0 Å². The van der Waals surface area contributed by atoms with Crippen molar-refractivity contribution in [1.82, 2.24) is 9.88 Å². The summed E-state index contributed by atoms with van der Waals surface area (Å²) in [7, 11) is 0. The summed E-state index contributed by atoms with van der Waals surface area (Å²) in [5, 5.41) is 25.5. The Morgan fingerprint density at radius 1 is 1.09 bits per heavy atom. The molecule has 4 aromatic rings. The predicted molar refractivity (Wildman–Crippen MR) is 167 cm³/mol. The Labute approximate surface area is 254 Å². The van der Waals surface area contributed by atoms with Gasteiger partial charge in [-0.25, -0.2) is 0 Å². The van der Waals surface area contributed by atoms with E-state index in [1.165, 1.54) is 17.0 Å². The van der Waals surface area contributed by atoms with Gasteiger partial charge < -0.3 is 25.0 Å². The van der Waals surface area contributed by atoms with E-state index in [9.17, 15) is 29.6 Å². The number of anilines is 1. The molecular weight excluding hydrogens is 564 g/mol. The number of nitrogens with one attached hydrogen (secondary N) is 2. The van der Waals surface area contributed by atoms with E-state index in [1.54, 1.807) is 49.5 Å². The molecule has 0 aliphatic heterocycles. The van der Waals surface area contributed by atoms with Gasteiger partial charge in [0.15, 0.2) is 0 Å². The maximum Gasteiger partial charge on any atom is 0.307 e. The highest BCUT2D eigenvalue weighted by Crippen LogP contribution is 2.29. The Kier molecular flexibility index (Phi) is 10.5. The number of benzene rings is 3. The van der Waals surface area contributed by atoms with Crippen LogP contribution in [0, 0.1) is 24.0 Å². The number of hydrogen-bond donors (Lipinski definition) is 3. The van der Waals surface area contributed by atoms with Crippen LogP contribution in [-0.4, -0.2) is 51.5 Å². The summed E-state index contributed by atoms with van der Waals surface area (Å²) >= 11 is 0. The molecule has 0 aliphatic rings. The summed E-state index contributed by atoms with van der Waals surface area (Å²) < 4.78 is 5.10. The number of pyridine rings is 1. The van der Waals surface area contributed by atoms with E-state index in [0.717, 1.165) is 22.1 Å². The van der Waals surface area contributed by atoms with Crippen LogP contribution in [0.3, 0.4) is 0 Å².